The number of halogens is 1. The molecule has 2 heterocycles. The molecule has 1 aliphatic rings. The molecular formula is C20H18FN3O4. The van der Waals surface area contributed by atoms with Crippen LogP contribution < -0.4 is 16.0 Å². The molecule has 0 unspecified atom stereocenters. The van der Waals surface area contributed by atoms with Crippen LogP contribution in [0.1, 0.15) is 43.2 Å². The van der Waals surface area contributed by atoms with E-state index in [1.165, 1.54) is 24.6 Å². The highest BCUT2D eigenvalue weighted by molar-refractivity contribution is 5.84. The average Bonchev–Trinajstić information content (AvgIpc) is 2.66. The van der Waals surface area contributed by atoms with Gasteiger partial charge in [-0.05, 0) is 55.4 Å². The van der Waals surface area contributed by atoms with Gasteiger partial charge in [0.25, 0.3) is 5.56 Å². The second-order valence-electron chi connectivity index (χ2n) is 6.76. The minimum absolute atomic E-state index is 0.126. The molecule has 0 saturated heterocycles. The quantitative estimate of drug-likeness (QED) is 0.697. The molecule has 28 heavy (non-hydrogen) atoms. The third-order valence-corrected chi connectivity index (χ3v) is 4.65. The Hall–Kier alpha value is -3.29. The molecule has 0 atom stereocenters. The van der Waals surface area contributed by atoms with Crippen molar-refractivity contribution in [2.45, 2.75) is 38.5 Å². The predicted molar refractivity (Wildman–Crippen MR) is 101 cm³/mol. The number of fused-ring (bicyclic) bond motifs is 1. The standard InChI is InChI=1S/C20H18FN3O4/c21-14-6-4-5-12(10-14)9-13-11-16(25)27-19-17(13)18(26)22-20(23-19)28-24-15-7-2-1-3-8-15/h4-6,10-11H,1-3,7-9H2,(H,22,23,26). The maximum Gasteiger partial charge on any atom is 0.337 e. The number of aromatic nitrogens is 2. The molecule has 144 valence electrons. The van der Waals surface area contributed by atoms with Crippen molar-refractivity contribution in [1.82, 2.24) is 9.97 Å². The predicted octanol–water partition coefficient (Wildman–Crippen LogP) is 3.31. The summed E-state index contributed by atoms with van der Waals surface area (Å²) in [6.07, 6.45) is 5.18. The van der Waals surface area contributed by atoms with Crippen LogP contribution in [0.15, 0.2) is 49.5 Å². The molecule has 0 bridgehead atoms. The molecule has 0 aliphatic heterocycles. The molecule has 1 N–H and O–H groups in total. The van der Waals surface area contributed by atoms with Crippen LogP contribution in [0.4, 0.5) is 4.39 Å². The Morgan fingerprint density at radius 3 is 2.79 bits per heavy atom. The first-order valence-electron chi connectivity index (χ1n) is 9.13. The molecule has 7 nitrogen and oxygen atoms in total. The Morgan fingerprint density at radius 2 is 2.00 bits per heavy atom. The second-order valence-corrected chi connectivity index (χ2v) is 6.76. The number of hydrogen-bond donors (Lipinski definition) is 1. The summed E-state index contributed by atoms with van der Waals surface area (Å²) < 4.78 is 18.5. The first kappa shape index (κ1) is 18.1. The van der Waals surface area contributed by atoms with Gasteiger partial charge in [0.1, 0.15) is 11.2 Å². The Balaban J connectivity index is 1.70. The van der Waals surface area contributed by atoms with Gasteiger partial charge in [0.2, 0.25) is 5.71 Å². The minimum atomic E-state index is -0.651. The summed E-state index contributed by atoms with van der Waals surface area (Å²) in [5.41, 5.74) is 0.628. The molecule has 0 spiro atoms. The molecule has 1 aliphatic carbocycles. The first-order chi connectivity index (χ1) is 13.6. The monoisotopic (exact) mass is 383 g/mol. The SMILES string of the molecule is O=c1cc(Cc2cccc(F)c2)c2c(=O)[nH]c(ON=C3CCCCC3)nc2o1. The number of oxime groups is 1. The van der Waals surface area contributed by atoms with Gasteiger partial charge in [0.15, 0.2) is 0 Å². The third kappa shape index (κ3) is 4.00. The number of benzene rings is 1. The molecule has 8 heteroatoms. The zero-order chi connectivity index (χ0) is 19.5. The van der Waals surface area contributed by atoms with Gasteiger partial charge >= 0.3 is 11.6 Å². The zero-order valence-corrected chi connectivity index (χ0v) is 15.0. The summed E-state index contributed by atoms with van der Waals surface area (Å²) in [7, 11) is 0. The summed E-state index contributed by atoms with van der Waals surface area (Å²) in [6, 6.07) is 7.03. The molecule has 1 fully saturated rings. The Morgan fingerprint density at radius 1 is 1.18 bits per heavy atom. The van der Waals surface area contributed by atoms with Crippen molar-refractivity contribution in [2.75, 3.05) is 0 Å². The summed E-state index contributed by atoms with van der Waals surface area (Å²) in [6.45, 7) is 0. The van der Waals surface area contributed by atoms with E-state index in [2.05, 4.69) is 15.1 Å². The van der Waals surface area contributed by atoms with Crippen LogP contribution in [0.3, 0.4) is 0 Å². The minimum Gasteiger partial charge on any atom is -0.403 e. The van der Waals surface area contributed by atoms with Crippen LogP contribution in [0.5, 0.6) is 6.01 Å². The lowest BCUT2D eigenvalue weighted by atomic mass is 9.99. The Kier molecular flexibility index (Phi) is 5.01. The van der Waals surface area contributed by atoms with Gasteiger partial charge in [-0.1, -0.05) is 23.7 Å². The van der Waals surface area contributed by atoms with Crippen LogP contribution in [-0.2, 0) is 6.42 Å². The molecule has 2 aromatic heterocycles. The molecule has 1 saturated carbocycles. The van der Waals surface area contributed by atoms with Gasteiger partial charge < -0.3 is 9.25 Å². The van der Waals surface area contributed by atoms with Crippen LogP contribution in [0.25, 0.3) is 11.1 Å². The Bertz CT molecular complexity index is 1160. The second kappa shape index (κ2) is 7.75. The summed E-state index contributed by atoms with van der Waals surface area (Å²) in [4.78, 5) is 36.4. The van der Waals surface area contributed by atoms with E-state index in [4.69, 9.17) is 9.25 Å². The summed E-state index contributed by atoms with van der Waals surface area (Å²) in [5, 5.41) is 4.17. The van der Waals surface area contributed by atoms with Crippen LogP contribution in [0, 0.1) is 5.82 Å². The fourth-order valence-corrected chi connectivity index (χ4v) is 3.34. The van der Waals surface area contributed by atoms with E-state index in [1.807, 2.05) is 0 Å². The summed E-state index contributed by atoms with van der Waals surface area (Å²) >= 11 is 0. The van der Waals surface area contributed by atoms with E-state index >= 15 is 0 Å². The number of hydrogen-bond acceptors (Lipinski definition) is 6. The molecular weight excluding hydrogens is 365 g/mol. The van der Waals surface area contributed by atoms with E-state index in [0.717, 1.165) is 31.4 Å². The fourth-order valence-electron chi connectivity index (χ4n) is 3.34. The number of rotatable bonds is 4. The highest BCUT2D eigenvalue weighted by Crippen LogP contribution is 2.18. The highest BCUT2D eigenvalue weighted by atomic mass is 19.1. The van der Waals surface area contributed by atoms with E-state index in [0.29, 0.717) is 11.1 Å². The molecule has 0 amide bonds. The van der Waals surface area contributed by atoms with E-state index in [9.17, 15) is 14.0 Å². The van der Waals surface area contributed by atoms with Crippen LogP contribution in [0.2, 0.25) is 0 Å². The van der Waals surface area contributed by atoms with E-state index in [-0.39, 0.29) is 23.5 Å². The van der Waals surface area contributed by atoms with Crippen molar-refractivity contribution in [2.24, 2.45) is 5.16 Å². The number of nitrogens with zero attached hydrogens (tertiary/aromatic N) is 2. The van der Waals surface area contributed by atoms with Crippen molar-refractivity contribution >= 4 is 16.8 Å². The van der Waals surface area contributed by atoms with Crippen LogP contribution in [-0.4, -0.2) is 15.7 Å². The maximum atomic E-state index is 13.4. The lowest BCUT2D eigenvalue weighted by Gasteiger charge is -2.11. The van der Waals surface area contributed by atoms with Gasteiger partial charge in [-0.2, -0.15) is 4.98 Å². The largest absolute Gasteiger partial charge is 0.403 e. The van der Waals surface area contributed by atoms with Gasteiger partial charge in [0, 0.05) is 6.07 Å². The number of aromatic amines is 1. The van der Waals surface area contributed by atoms with Gasteiger partial charge in [-0.3, -0.25) is 9.78 Å². The van der Waals surface area contributed by atoms with Gasteiger partial charge in [0.05, 0.1) is 5.71 Å². The third-order valence-electron chi connectivity index (χ3n) is 4.65. The molecule has 0 radical (unpaired) electrons. The molecule has 1 aromatic carbocycles. The van der Waals surface area contributed by atoms with Crippen LogP contribution >= 0.6 is 0 Å². The van der Waals surface area contributed by atoms with Crippen molar-refractivity contribution in [3.63, 3.8) is 0 Å². The number of H-pyrrole nitrogens is 1. The number of nitrogens with one attached hydrogen (secondary N) is 1. The molecule has 3 aromatic rings. The average molecular weight is 383 g/mol. The smallest absolute Gasteiger partial charge is 0.337 e. The topological polar surface area (TPSA) is 97.5 Å². The highest BCUT2D eigenvalue weighted by Gasteiger charge is 2.15. The lowest BCUT2D eigenvalue weighted by molar-refractivity contribution is 0.307. The lowest BCUT2D eigenvalue weighted by Crippen LogP contribution is -2.15. The maximum absolute atomic E-state index is 13.4. The fraction of sp³-hybridized carbons (Fsp3) is 0.300. The van der Waals surface area contributed by atoms with Crippen molar-refractivity contribution in [3.05, 3.63) is 68.0 Å². The van der Waals surface area contributed by atoms with Crippen molar-refractivity contribution < 1.29 is 13.6 Å². The van der Waals surface area contributed by atoms with E-state index < -0.39 is 17.0 Å². The summed E-state index contributed by atoms with van der Waals surface area (Å²) in [5.74, 6) is -0.394. The van der Waals surface area contributed by atoms with E-state index in [1.54, 1.807) is 12.1 Å². The first-order valence-corrected chi connectivity index (χ1v) is 9.13. The Labute approximate surface area is 158 Å². The molecule has 4 rings (SSSR count). The van der Waals surface area contributed by atoms with Gasteiger partial charge in [-0.25, -0.2) is 9.18 Å². The normalized spacial score (nSPS) is 14.2. The zero-order valence-electron chi connectivity index (χ0n) is 15.0. The van der Waals surface area contributed by atoms with Crippen molar-refractivity contribution in [1.29, 1.82) is 0 Å². The van der Waals surface area contributed by atoms with Crippen molar-refractivity contribution in [3.8, 4) is 6.01 Å². The van der Waals surface area contributed by atoms with Gasteiger partial charge in [-0.15, -0.1) is 0 Å².